The second kappa shape index (κ2) is 5.64. The van der Waals surface area contributed by atoms with Gasteiger partial charge in [-0.2, -0.15) is 13.2 Å². The molecule has 0 radical (unpaired) electrons. The van der Waals surface area contributed by atoms with Gasteiger partial charge in [0, 0.05) is 10.2 Å². The number of carbonyl (C=O) groups is 1. The van der Waals surface area contributed by atoms with E-state index in [1.165, 1.54) is 6.07 Å². The fourth-order valence-corrected chi connectivity index (χ4v) is 2.86. The summed E-state index contributed by atoms with van der Waals surface area (Å²) >= 11 is 3.97. The van der Waals surface area contributed by atoms with E-state index in [2.05, 4.69) is 26.2 Å². The van der Waals surface area contributed by atoms with E-state index in [-0.39, 0.29) is 20.2 Å². The number of halogens is 4. The number of aryl methyl sites for hydroxylation is 1. The molecule has 2 rings (SSSR count). The van der Waals surface area contributed by atoms with E-state index in [0.717, 1.165) is 23.5 Å². The Morgan fingerprint density at radius 3 is 2.57 bits per heavy atom. The Morgan fingerprint density at radius 2 is 2.05 bits per heavy atom. The minimum absolute atomic E-state index is 0.0353. The molecule has 9 heteroatoms. The number of nitrogens with one attached hydrogen (secondary N) is 1. The number of aromatic nitrogens is 1. The highest BCUT2D eigenvalue weighted by molar-refractivity contribution is 9.10. The van der Waals surface area contributed by atoms with E-state index >= 15 is 0 Å². The maximum Gasteiger partial charge on any atom is 0.416 e. The van der Waals surface area contributed by atoms with Gasteiger partial charge >= 0.3 is 6.18 Å². The first-order valence-electron chi connectivity index (χ1n) is 5.59. The Labute approximate surface area is 130 Å². The van der Waals surface area contributed by atoms with Gasteiger partial charge in [0.05, 0.1) is 11.3 Å². The summed E-state index contributed by atoms with van der Waals surface area (Å²) in [5.74, 6) is -0.548. The molecule has 4 nitrogen and oxygen atoms in total. The van der Waals surface area contributed by atoms with Crippen LogP contribution in [0.25, 0.3) is 0 Å². The molecule has 0 saturated carbocycles. The number of anilines is 2. The quantitative estimate of drug-likeness (QED) is 0.826. The molecule has 0 unspecified atom stereocenters. The van der Waals surface area contributed by atoms with Crippen LogP contribution < -0.4 is 11.1 Å². The van der Waals surface area contributed by atoms with Crippen LogP contribution >= 0.6 is 27.3 Å². The molecular weight excluding hydrogens is 371 g/mol. The summed E-state index contributed by atoms with van der Waals surface area (Å²) in [7, 11) is 0. The lowest BCUT2D eigenvalue weighted by atomic mass is 10.2. The molecule has 21 heavy (non-hydrogen) atoms. The number of alkyl halides is 3. The zero-order valence-electron chi connectivity index (χ0n) is 10.6. The van der Waals surface area contributed by atoms with Crippen molar-refractivity contribution in [1.82, 2.24) is 4.98 Å². The summed E-state index contributed by atoms with van der Waals surface area (Å²) in [5, 5.41) is 2.64. The van der Waals surface area contributed by atoms with Gasteiger partial charge in [-0.1, -0.05) is 27.3 Å². The summed E-state index contributed by atoms with van der Waals surface area (Å²) in [4.78, 5) is 16.2. The number of nitrogen functional groups attached to an aromatic ring is 1. The minimum atomic E-state index is -4.49. The molecule has 1 amide bonds. The molecule has 0 atom stereocenters. The van der Waals surface area contributed by atoms with Crippen molar-refractivity contribution in [3.8, 4) is 0 Å². The minimum Gasteiger partial charge on any atom is -0.375 e. The van der Waals surface area contributed by atoms with Gasteiger partial charge in [0.25, 0.3) is 5.91 Å². The maximum atomic E-state index is 12.7. The zero-order valence-corrected chi connectivity index (χ0v) is 13.0. The second-order valence-corrected chi connectivity index (χ2v) is 6.09. The van der Waals surface area contributed by atoms with Crippen LogP contribution in [0.15, 0.2) is 22.7 Å². The number of nitrogens with two attached hydrogens (primary N) is 1. The molecule has 0 saturated heterocycles. The standard InChI is InChI=1S/C12H9BrF3N3OS/c1-5-9(21-11(17)18-5)10(20)19-8-3-6(12(14,15)16)2-7(13)4-8/h2-4H,1H3,(H2,17,18)(H,19,20). The zero-order chi connectivity index (χ0) is 15.8. The lowest BCUT2D eigenvalue weighted by Crippen LogP contribution is -2.13. The number of thiazole rings is 1. The van der Waals surface area contributed by atoms with Gasteiger partial charge in [-0.25, -0.2) is 4.98 Å². The third kappa shape index (κ3) is 3.73. The van der Waals surface area contributed by atoms with Crippen molar-refractivity contribution >= 4 is 44.0 Å². The predicted molar refractivity (Wildman–Crippen MR) is 78.4 cm³/mol. The SMILES string of the molecule is Cc1nc(N)sc1C(=O)Nc1cc(Br)cc(C(F)(F)F)c1. The molecule has 1 aromatic heterocycles. The van der Waals surface area contributed by atoms with E-state index < -0.39 is 17.6 Å². The van der Waals surface area contributed by atoms with Crippen LogP contribution in [0.2, 0.25) is 0 Å². The molecule has 0 aliphatic rings. The number of nitrogens with zero attached hydrogens (tertiary/aromatic N) is 1. The van der Waals surface area contributed by atoms with Crippen LogP contribution in [0.4, 0.5) is 24.0 Å². The largest absolute Gasteiger partial charge is 0.416 e. The molecule has 0 aliphatic carbocycles. The normalized spacial score (nSPS) is 11.5. The van der Waals surface area contributed by atoms with Crippen LogP contribution in [-0.2, 0) is 6.18 Å². The maximum absolute atomic E-state index is 12.7. The van der Waals surface area contributed by atoms with Gasteiger partial charge in [0.1, 0.15) is 4.88 Å². The average molecular weight is 380 g/mol. The fourth-order valence-electron chi connectivity index (χ4n) is 1.64. The van der Waals surface area contributed by atoms with Crippen molar-refractivity contribution in [3.63, 3.8) is 0 Å². The van der Waals surface area contributed by atoms with Crippen molar-refractivity contribution < 1.29 is 18.0 Å². The first-order valence-corrected chi connectivity index (χ1v) is 7.20. The lowest BCUT2D eigenvalue weighted by molar-refractivity contribution is -0.137. The van der Waals surface area contributed by atoms with Gasteiger partial charge < -0.3 is 11.1 Å². The Bertz CT molecular complexity index is 700. The van der Waals surface area contributed by atoms with Crippen molar-refractivity contribution in [1.29, 1.82) is 0 Å². The van der Waals surface area contributed by atoms with E-state index in [1.807, 2.05) is 0 Å². The first kappa shape index (κ1) is 15.8. The van der Waals surface area contributed by atoms with Crippen LogP contribution in [-0.4, -0.2) is 10.9 Å². The van der Waals surface area contributed by atoms with Gasteiger partial charge in [-0.3, -0.25) is 4.79 Å². The van der Waals surface area contributed by atoms with Gasteiger partial charge in [-0.15, -0.1) is 0 Å². The molecule has 1 aromatic carbocycles. The topological polar surface area (TPSA) is 68.0 Å². The van der Waals surface area contributed by atoms with Crippen LogP contribution in [0, 0.1) is 6.92 Å². The van der Waals surface area contributed by atoms with Crippen molar-refractivity contribution in [2.75, 3.05) is 11.1 Å². The Balaban J connectivity index is 2.29. The number of benzene rings is 1. The van der Waals surface area contributed by atoms with Crippen LogP contribution in [0.5, 0.6) is 0 Å². The van der Waals surface area contributed by atoms with Gasteiger partial charge in [0.15, 0.2) is 5.13 Å². The fraction of sp³-hybridized carbons (Fsp3) is 0.167. The van der Waals surface area contributed by atoms with E-state index in [4.69, 9.17) is 5.73 Å². The third-order valence-corrected chi connectivity index (χ3v) is 3.95. The third-order valence-electron chi connectivity index (χ3n) is 2.50. The number of rotatable bonds is 2. The molecule has 112 valence electrons. The van der Waals surface area contributed by atoms with Gasteiger partial charge in [-0.05, 0) is 25.1 Å². The van der Waals surface area contributed by atoms with Gasteiger partial charge in [0.2, 0.25) is 0 Å². The van der Waals surface area contributed by atoms with Crippen molar-refractivity contribution in [2.45, 2.75) is 13.1 Å². The van der Waals surface area contributed by atoms with Crippen LogP contribution in [0.1, 0.15) is 20.9 Å². The monoisotopic (exact) mass is 379 g/mol. The molecule has 0 spiro atoms. The van der Waals surface area contributed by atoms with E-state index in [0.29, 0.717) is 5.69 Å². The highest BCUT2D eigenvalue weighted by Gasteiger charge is 2.31. The molecule has 0 fully saturated rings. The molecule has 0 aliphatic heterocycles. The molecule has 3 N–H and O–H groups in total. The van der Waals surface area contributed by atoms with Crippen LogP contribution in [0.3, 0.4) is 0 Å². The summed E-state index contributed by atoms with van der Waals surface area (Å²) < 4.78 is 38.4. The van der Waals surface area contributed by atoms with E-state index in [9.17, 15) is 18.0 Å². The number of amides is 1. The Kier molecular flexibility index (Phi) is 4.24. The molecule has 0 bridgehead atoms. The van der Waals surface area contributed by atoms with Crippen molar-refractivity contribution in [3.05, 3.63) is 38.8 Å². The Hall–Kier alpha value is -1.61. The summed E-state index contributed by atoms with van der Waals surface area (Å²) in [6.07, 6.45) is -4.49. The number of hydrogen-bond acceptors (Lipinski definition) is 4. The lowest BCUT2D eigenvalue weighted by Gasteiger charge is -2.10. The average Bonchev–Trinajstić information content (AvgIpc) is 2.66. The number of hydrogen-bond donors (Lipinski definition) is 2. The predicted octanol–water partition coefficient (Wildman–Crippen LogP) is 4.07. The second-order valence-electron chi connectivity index (χ2n) is 4.15. The number of carbonyl (C=O) groups excluding carboxylic acids is 1. The molecular formula is C12H9BrF3N3OS. The first-order chi connectivity index (χ1) is 9.66. The summed E-state index contributed by atoms with van der Waals surface area (Å²) in [6, 6.07) is 3.18. The highest BCUT2D eigenvalue weighted by Crippen LogP contribution is 2.33. The smallest absolute Gasteiger partial charge is 0.375 e. The summed E-state index contributed by atoms with van der Waals surface area (Å²) in [5.41, 5.74) is 5.10. The Morgan fingerprint density at radius 1 is 1.38 bits per heavy atom. The molecule has 1 heterocycles. The molecule has 2 aromatic rings. The summed E-state index contributed by atoms with van der Waals surface area (Å²) in [6.45, 7) is 1.60. The highest BCUT2D eigenvalue weighted by atomic mass is 79.9. The van der Waals surface area contributed by atoms with Crippen molar-refractivity contribution in [2.24, 2.45) is 0 Å². The van der Waals surface area contributed by atoms with E-state index in [1.54, 1.807) is 6.92 Å².